The van der Waals surface area contributed by atoms with E-state index in [0.717, 1.165) is 6.08 Å². The number of carbonyl (C=O) groups excluding carboxylic acids is 2. The number of fused-ring (bicyclic) bond motifs is 1. The molecule has 210 valence electrons. The maximum absolute atomic E-state index is 14.8. The van der Waals surface area contributed by atoms with E-state index >= 15 is 0 Å². The summed E-state index contributed by atoms with van der Waals surface area (Å²) in [6, 6.07) is -2.01. The Labute approximate surface area is 218 Å². The molecule has 2 unspecified atom stereocenters. The Morgan fingerprint density at radius 2 is 1.74 bits per heavy atom. The zero-order valence-electron chi connectivity index (χ0n) is 21.6. The number of nitrogens with two attached hydrogens (primary N) is 1. The van der Waals surface area contributed by atoms with Gasteiger partial charge in [0.25, 0.3) is 0 Å². The number of hydrogen-bond donors (Lipinski definition) is 3. The topological polar surface area (TPSA) is 182 Å². The average molecular weight is 558 g/mol. The fraction of sp³-hybridized carbons (Fsp3) is 0.591. The van der Waals surface area contributed by atoms with E-state index in [1.807, 2.05) is 13.8 Å². The van der Waals surface area contributed by atoms with E-state index in [0.29, 0.717) is 12.8 Å². The van der Waals surface area contributed by atoms with Gasteiger partial charge in [-0.1, -0.05) is 13.8 Å². The lowest BCUT2D eigenvalue weighted by atomic mass is 10.4. The number of nitrogens with one attached hydrogen (secondary N) is 2. The fourth-order valence-electron chi connectivity index (χ4n) is 3.45. The van der Waals surface area contributed by atoms with Crippen molar-refractivity contribution in [1.29, 1.82) is 0 Å². The van der Waals surface area contributed by atoms with Gasteiger partial charge in [0, 0.05) is 6.08 Å². The number of halogens is 1. The summed E-state index contributed by atoms with van der Waals surface area (Å²) in [6.45, 7) is 6.99. The van der Waals surface area contributed by atoms with Crippen LogP contribution in [0.3, 0.4) is 0 Å². The standard InChI is InChI=1S/C22H33FN7O7P/c1-5-7-34-21(31)13(3)28-38(33,29-14(4)22(32)35-8-6-2)12-36-16-9-15(23)20(37-16)30-11-27-17-18(24)25-10-26-19(17)30/h9-11,13-14,16,20H,5-8,12H2,1-4H3,(H2,24,25,26)(H2,28,29,33)/t13?,14?,16-,20+,38?/m0/s1. The minimum absolute atomic E-state index is 0.125. The van der Waals surface area contributed by atoms with Crippen molar-refractivity contribution in [2.75, 3.05) is 25.3 Å². The molecule has 1 aliphatic heterocycles. The SMILES string of the molecule is CCCOC(=O)C(C)NP(=O)(CO[C@@H]1C=C(F)[C@H](n2cnc3c(N)ncnc32)O1)NC(C)C(=O)OCCC. The van der Waals surface area contributed by atoms with E-state index in [1.165, 1.54) is 31.1 Å². The molecular formula is C22H33FN7O7P. The second kappa shape index (κ2) is 13.2. The van der Waals surface area contributed by atoms with Gasteiger partial charge < -0.3 is 24.7 Å². The van der Waals surface area contributed by atoms with Crippen molar-refractivity contribution in [1.82, 2.24) is 29.7 Å². The first-order valence-corrected chi connectivity index (χ1v) is 14.0. The summed E-state index contributed by atoms with van der Waals surface area (Å²) in [4.78, 5) is 36.6. The minimum Gasteiger partial charge on any atom is -0.465 e. The summed E-state index contributed by atoms with van der Waals surface area (Å²) in [5, 5.41) is 5.34. The van der Waals surface area contributed by atoms with Gasteiger partial charge in [-0.2, -0.15) is 0 Å². The van der Waals surface area contributed by atoms with Crippen molar-refractivity contribution in [3.05, 3.63) is 24.6 Å². The van der Waals surface area contributed by atoms with Crippen LogP contribution in [0.25, 0.3) is 11.2 Å². The summed E-state index contributed by atoms with van der Waals surface area (Å²) in [6.07, 6.45) is 1.73. The molecule has 0 aliphatic carbocycles. The Hall–Kier alpha value is -2.97. The second-order valence-corrected chi connectivity index (χ2v) is 10.8. The number of carbonyl (C=O) groups is 2. The molecule has 3 heterocycles. The lowest BCUT2D eigenvalue weighted by molar-refractivity contribution is -0.145. The smallest absolute Gasteiger partial charge is 0.323 e. The van der Waals surface area contributed by atoms with Gasteiger partial charge in [-0.05, 0) is 26.7 Å². The molecule has 0 radical (unpaired) electrons. The van der Waals surface area contributed by atoms with Crippen LogP contribution in [0.2, 0.25) is 0 Å². The second-order valence-electron chi connectivity index (χ2n) is 8.56. The van der Waals surface area contributed by atoms with Crippen LogP contribution in [-0.4, -0.2) is 69.4 Å². The lowest BCUT2D eigenvalue weighted by Gasteiger charge is -2.27. The average Bonchev–Trinajstić information content (AvgIpc) is 3.48. The van der Waals surface area contributed by atoms with Gasteiger partial charge in [-0.3, -0.25) is 18.7 Å². The molecule has 0 saturated carbocycles. The highest BCUT2D eigenvalue weighted by atomic mass is 31.2. The van der Waals surface area contributed by atoms with E-state index in [-0.39, 0.29) is 30.2 Å². The Morgan fingerprint density at radius 3 is 2.32 bits per heavy atom. The Morgan fingerprint density at radius 1 is 1.13 bits per heavy atom. The first kappa shape index (κ1) is 29.6. The molecule has 4 N–H and O–H groups in total. The molecule has 0 amide bonds. The van der Waals surface area contributed by atoms with Crippen LogP contribution in [0.15, 0.2) is 24.6 Å². The third-order valence-corrected chi connectivity index (χ3v) is 7.38. The molecule has 0 saturated heterocycles. The van der Waals surface area contributed by atoms with Crippen LogP contribution in [-0.2, 0) is 33.1 Å². The minimum atomic E-state index is -3.81. The molecule has 16 heteroatoms. The summed E-state index contributed by atoms with van der Waals surface area (Å²) >= 11 is 0. The molecule has 3 rings (SSSR count). The van der Waals surface area contributed by atoms with Gasteiger partial charge in [0.1, 0.15) is 30.3 Å². The van der Waals surface area contributed by atoms with E-state index in [9.17, 15) is 18.5 Å². The normalized spacial score (nSPS) is 20.5. The van der Waals surface area contributed by atoms with Gasteiger partial charge in [0.2, 0.25) is 7.44 Å². The van der Waals surface area contributed by atoms with Crippen LogP contribution < -0.4 is 15.9 Å². The van der Waals surface area contributed by atoms with Crippen molar-refractivity contribution in [3.63, 3.8) is 0 Å². The van der Waals surface area contributed by atoms with Crippen LogP contribution >= 0.6 is 7.44 Å². The van der Waals surface area contributed by atoms with Crippen molar-refractivity contribution >= 4 is 36.4 Å². The molecular weight excluding hydrogens is 524 g/mol. The molecule has 2 aromatic rings. The highest BCUT2D eigenvalue weighted by Crippen LogP contribution is 2.40. The number of imidazole rings is 1. The highest BCUT2D eigenvalue weighted by Gasteiger charge is 2.36. The predicted octanol–water partition coefficient (Wildman–Crippen LogP) is 2.15. The summed E-state index contributed by atoms with van der Waals surface area (Å²) < 4.78 is 51.4. The zero-order chi connectivity index (χ0) is 27.9. The van der Waals surface area contributed by atoms with Crippen LogP contribution in [0.1, 0.15) is 46.8 Å². The number of rotatable bonds is 14. The summed E-state index contributed by atoms with van der Waals surface area (Å²) in [5.74, 6) is -1.84. The van der Waals surface area contributed by atoms with Crippen molar-refractivity contribution in [3.8, 4) is 0 Å². The predicted molar refractivity (Wildman–Crippen MR) is 134 cm³/mol. The molecule has 0 fully saturated rings. The largest absolute Gasteiger partial charge is 0.465 e. The van der Waals surface area contributed by atoms with Crippen LogP contribution in [0.5, 0.6) is 0 Å². The van der Waals surface area contributed by atoms with Crippen molar-refractivity contribution < 1.29 is 37.5 Å². The summed E-state index contributed by atoms with van der Waals surface area (Å²) in [5.41, 5.74) is 6.32. The molecule has 38 heavy (non-hydrogen) atoms. The molecule has 0 bridgehead atoms. The number of nitrogens with zero attached hydrogens (tertiary/aromatic N) is 4. The Kier molecular flexibility index (Phi) is 10.3. The molecule has 0 spiro atoms. The van der Waals surface area contributed by atoms with Crippen molar-refractivity contribution in [2.45, 2.75) is 65.1 Å². The third-order valence-electron chi connectivity index (χ3n) is 5.26. The molecule has 1 aliphatic rings. The molecule has 0 aromatic carbocycles. The lowest BCUT2D eigenvalue weighted by Crippen LogP contribution is -2.43. The van der Waals surface area contributed by atoms with Gasteiger partial charge in [-0.15, -0.1) is 0 Å². The first-order chi connectivity index (χ1) is 18.1. The van der Waals surface area contributed by atoms with Crippen LogP contribution in [0, 0.1) is 0 Å². The number of esters is 2. The molecule has 4 atom stereocenters. The van der Waals surface area contributed by atoms with Gasteiger partial charge in [0.15, 0.2) is 29.8 Å². The number of anilines is 1. The molecule has 14 nitrogen and oxygen atoms in total. The molecule has 2 aromatic heterocycles. The van der Waals surface area contributed by atoms with Gasteiger partial charge in [0.05, 0.1) is 19.5 Å². The number of hydrogen-bond acceptors (Lipinski definition) is 11. The van der Waals surface area contributed by atoms with E-state index < -0.39 is 56.2 Å². The summed E-state index contributed by atoms with van der Waals surface area (Å²) in [7, 11) is -3.81. The fourth-order valence-corrected chi connectivity index (χ4v) is 5.49. The zero-order valence-corrected chi connectivity index (χ0v) is 22.5. The van der Waals surface area contributed by atoms with E-state index in [1.54, 1.807) is 0 Å². The number of ether oxygens (including phenoxy) is 4. The number of aromatic nitrogens is 4. The maximum Gasteiger partial charge on any atom is 0.323 e. The maximum atomic E-state index is 14.8. The number of nitrogen functional groups attached to an aromatic ring is 1. The van der Waals surface area contributed by atoms with Crippen LogP contribution in [0.4, 0.5) is 10.2 Å². The highest BCUT2D eigenvalue weighted by molar-refractivity contribution is 7.59. The Balaban J connectivity index is 1.71. The van der Waals surface area contributed by atoms with Gasteiger partial charge in [-0.25, -0.2) is 29.5 Å². The van der Waals surface area contributed by atoms with E-state index in [2.05, 4.69) is 25.1 Å². The first-order valence-electron chi connectivity index (χ1n) is 12.1. The third kappa shape index (κ3) is 7.32. The quantitative estimate of drug-likeness (QED) is 0.227. The Bertz CT molecular complexity index is 1180. The monoisotopic (exact) mass is 557 g/mol. The van der Waals surface area contributed by atoms with Crippen molar-refractivity contribution in [2.24, 2.45) is 0 Å². The van der Waals surface area contributed by atoms with E-state index in [4.69, 9.17) is 24.7 Å². The van der Waals surface area contributed by atoms with Gasteiger partial charge >= 0.3 is 11.9 Å².